The van der Waals surface area contributed by atoms with Crippen LogP contribution in [0.25, 0.3) is 0 Å². The second-order valence-electron chi connectivity index (χ2n) is 3.49. The van der Waals surface area contributed by atoms with Crippen LogP contribution in [0.3, 0.4) is 0 Å². The van der Waals surface area contributed by atoms with Crippen molar-refractivity contribution in [2.75, 3.05) is 0 Å². The smallest absolute Gasteiger partial charge is 0.416 e. The van der Waals surface area contributed by atoms with Gasteiger partial charge in [0.05, 0.1) is 17.7 Å². The summed E-state index contributed by atoms with van der Waals surface area (Å²) < 4.78 is 6.19. The van der Waals surface area contributed by atoms with Gasteiger partial charge in [0.25, 0.3) is 0 Å². The normalized spacial score (nSPS) is 12.0. The molecule has 2 aromatic rings. The molecule has 1 heterocycles. The summed E-state index contributed by atoms with van der Waals surface area (Å²) in [5.74, 6) is -0.394. The maximum atomic E-state index is 11.3. The highest BCUT2D eigenvalue weighted by atomic mass is 16.4. The molecular formula is C12H10N2O2. The third kappa shape index (κ3) is 1.75. The van der Waals surface area contributed by atoms with E-state index in [0.29, 0.717) is 5.56 Å². The summed E-state index contributed by atoms with van der Waals surface area (Å²) in [5.41, 5.74) is 1.49. The molecule has 0 saturated carbocycles. The summed E-state index contributed by atoms with van der Waals surface area (Å²) >= 11 is 0. The van der Waals surface area contributed by atoms with E-state index in [4.69, 9.17) is 9.68 Å². The summed E-state index contributed by atoms with van der Waals surface area (Å²) in [6.07, 6.45) is 2.94. The molecule has 0 saturated heterocycles. The van der Waals surface area contributed by atoms with Gasteiger partial charge in [-0.1, -0.05) is 12.1 Å². The maximum Gasteiger partial charge on any atom is 0.419 e. The number of rotatable bonds is 2. The Labute approximate surface area is 92.4 Å². The molecule has 0 amide bonds. The van der Waals surface area contributed by atoms with Gasteiger partial charge in [-0.25, -0.2) is 4.79 Å². The highest BCUT2D eigenvalue weighted by Gasteiger charge is 2.10. The molecule has 1 aromatic heterocycles. The second-order valence-corrected chi connectivity index (χ2v) is 3.49. The molecule has 0 fully saturated rings. The third-order valence-corrected chi connectivity index (χ3v) is 2.52. The topological polar surface area (TPSA) is 58.9 Å². The molecule has 0 N–H and O–H groups in total. The van der Waals surface area contributed by atoms with E-state index in [1.807, 2.05) is 13.0 Å². The predicted octanol–water partition coefficient (Wildman–Crippen LogP) is 1.92. The van der Waals surface area contributed by atoms with Gasteiger partial charge in [-0.05, 0) is 24.6 Å². The number of benzene rings is 1. The fraction of sp³-hybridized carbons (Fsp3) is 0.167. The van der Waals surface area contributed by atoms with Crippen molar-refractivity contribution in [3.63, 3.8) is 0 Å². The number of aromatic nitrogens is 1. The summed E-state index contributed by atoms with van der Waals surface area (Å²) in [6.45, 7) is 1.88. The van der Waals surface area contributed by atoms with Gasteiger partial charge in [-0.2, -0.15) is 5.26 Å². The number of hydrogen-bond acceptors (Lipinski definition) is 3. The SMILES string of the molecule is CC(c1cccc(C#N)c1)n1ccoc1=O. The van der Waals surface area contributed by atoms with Crippen LogP contribution in [0.2, 0.25) is 0 Å². The van der Waals surface area contributed by atoms with E-state index >= 15 is 0 Å². The predicted molar refractivity (Wildman–Crippen MR) is 57.9 cm³/mol. The number of nitrogens with zero attached hydrogens (tertiary/aromatic N) is 2. The minimum Gasteiger partial charge on any atom is -0.416 e. The van der Waals surface area contributed by atoms with Crippen LogP contribution in [-0.2, 0) is 0 Å². The zero-order valence-corrected chi connectivity index (χ0v) is 8.75. The minimum atomic E-state index is -0.394. The van der Waals surface area contributed by atoms with Crippen molar-refractivity contribution in [3.05, 3.63) is 58.4 Å². The molecule has 0 bridgehead atoms. The lowest BCUT2D eigenvalue weighted by Crippen LogP contribution is -2.18. The van der Waals surface area contributed by atoms with E-state index in [1.54, 1.807) is 24.4 Å². The first-order valence-corrected chi connectivity index (χ1v) is 4.88. The van der Waals surface area contributed by atoms with Gasteiger partial charge in [0, 0.05) is 6.20 Å². The molecule has 0 radical (unpaired) electrons. The van der Waals surface area contributed by atoms with Crippen molar-refractivity contribution < 1.29 is 4.42 Å². The monoisotopic (exact) mass is 214 g/mol. The van der Waals surface area contributed by atoms with Crippen LogP contribution in [0, 0.1) is 11.3 Å². The lowest BCUT2D eigenvalue weighted by atomic mass is 10.1. The summed E-state index contributed by atoms with van der Waals surface area (Å²) in [5, 5.41) is 8.79. The Morgan fingerprint density at radius 1 is 1.50 bits per heavy atom. The van der Waals surface area contributed by atoms with Crippen LogP contribution in [0.1, 0.15) is 24.1 Å². The Kier molecular flexibility index (Phi) is 2.61. The molecule has 0 aliphatic carbocycles. The zero-order valence-electron chi connectivity index (χ0n) is 8.75. The summed E-state index contributed by atoms with van der Waals surface area (Å²) in [6, 6.07) is 9.11. The van der Waals surface area contributed by atoms with Crippen molar-refractivity contribution in [2.24, 2.45) is 0 Å². The average molecular weight is 214 g/mol. The van der Waals surface area contributed by atoms with E-state index in [1.165, 1.54) is 10.8 Å². The van der Waals surface area contributed by atoms with Crippen LogP contribution in [-0.4, -0.2) is 4.57 Å². The molecule has 1 atom stereocenters. The molecule has 80 valence electrons. The van der Waals surface area contributed by atoms with Crippen LogP contribution in [0.4, 0.5) is 0 Å². The highest BCUT2D eigenvalue weighted by molar-refractivity contribution is 5.34. The van der Waals surface area contributed by atoms with Crippen molar-refractivity contribution >= 4 is 0 Å². The second kappa shape index (κ2) is 4.07. The Balaban J connectivity index is 2.42. The van der Waals surface area contributed by atoms with Crippen molar-refractivity contribution in [1.29, 1.82) is 5.26 Å². The van der Waals surface area contributed by atoms with E-state index in [9.17, 15) is 4.79 Å². The fourth-order valence-corrected chi connectivity index (χ4v) is 1.59. The Morgan fingerprint density at radius 3 is 2.94 bits per heavy atom. The van der Waals surface area contributed by atoms with Crippen molar-refractivity contribution in [2.45, 2.75) is 13.0 Å². The zero-order chi connectivity index (χ0) is 11.5. The highest BCUT2D eigenvalue weighted by Crippen LogP contribution is 2.17. The third-order valence-electron chi connectivity index (χ3n) is 2.52. The van der Waals surface area contributed by atoms with Gasteiger partial charge >= 0.3 is 5.76 Å². The Bertz CT molecular complexity index is 589. The number of hydrogen-bond donors (Lipinski definition) is 0. The van der Waals surface area contributed by atoms with Crippen LogP contribution < -0.4 is 5.76 Å². The Morgan fingerprint density at radius 2 is 2.31 bits per heavy atom. The number of oxazole rings is 1. The molecule has 16 heavy (non-hydrogen) atoms. The maximum absolute atomic E-state index is 11.3. The minimum absolute atomic E-state index is 0.139. The molecule has 0 aliphatic heterocycles. The summed E-state index contributed by atoms with van der Waals surface area (Å²) in [7, 11) is 0. The molecule has 2 rings (SSSR count). The van der Waals surface area contributed by atoms with Crippen LogP contribution in [0.5, 0.6) is 0 Å². The van der Waals surface area contributed by atoms with Gasteiger partial charge in [0.2, 0.25) is 0 Å². The largest absolute Gasteiger partial charge is 0.419 e. The quantitative estimate of drug-likeness (QED) is 0.767. The molecule has 4 nitrogen and oxygen atoms in total. The Hall–Kier alpha value is -2.28. The van der Waals surface area contributed by atoms with E-state index in [-0.39, 0.29) is 6.04 Å². The van der Waals surface area contributed by atoms with Gasteiger partial charge in [0.1, 0.15) is 6.26 Å². The van der Waals surface area contributed by atoms with Crippen LogP contribution in [0.15, 0.2) is 45.9 Å². The fourth-order valence-electron chi connectivity index (χ4n) is 1.59. The first-order chi connectivity index (χ1) is 7.72. The van der Waals surface area contributed by atoms with Gasteiger partial charge in [-0.15, -0.1) is 0 Å². The van der Waals surface area contributed by atoms with Gasteiger partial charge in [0.15, 0.2) is 0 Å². The lowest BCUT2D eigenvalue weighted by Gasteiger charge is -2.11. The first-order valence-electron chi connectivity index (χ1n) is 4.88. The molecule has 0 spiro atoms. The number of nitriles is 1. The molecule has 4 heteroatoms. The van der Waals surface area contributed by atoms with Crippen molar-refractivity contribution in [3.8, 4) is 6.07 Å². The van der Waals surface area contributed by atoms with Crippen LogP contribution >= 0.6 is 0 Å². The van der Waals surface area contributed by atoms with E-state index in [0.717, 1.165) is 5.56 Å². The van der Waals surface area contributed by atoms with Crippen molar-refractivity contribution in [1.82, 2.24) is 4.57 Å². The van der Waals surface area contributed by atoms with E-state index in [2.05, 4.69) is 6.07 Å². The lowest BCUT2D eigenvalue weighted by molar-refractivity contribution is 0.465. The first kappa shape index (κ1) is 10.2. The molecule has 0 aliphatic rings. The molecule has 1 aromatic carbocycles. The standard InChI is InChI=1S/C12H10N2O2/c1-9(14-5-6-16-12(14)15)11-4-2-3-10(7-11)8-13/h2-7,9H,1H3. The molecular weight excluding hydrogens is 204 g/mol. The van der Waals surface area contributed by atoms with Gasteiger partial charge < -0.3 is 4.42 Å². The van der Waals surface area contributed by atoms with Gasteiger partial charge in [-0.3, -0.25) is 4.57 Å². The van der Waals surface area contributed by atoms with E-state index < -0.39 is 5.76 Å². The molecule has 1 unspecified atom stereocenters. The summed E-state index contributed by atoms with van der Waals surface area (Å²) in [4.78, 5) is 11.3. The average Bonchev–Trinajstić information content (AvgIpc) is 2.74.